The first-order valence-electron chi connectivity index (χ1n) is 8.84. The zero-order chi connectivity index (χ0) is 23.7. The maximum absolute atomic E-state index is 12.9. The van der Waals surface area contributed by atoms with Crippen molar-refractivity contribution in [1.29, 1.82) is 0 Å². The summed E-state index contributed by atoms with van der Waals surface area (Å²) in [7, 11) is 0. The fraction of sp³-hybridized carbons (Fsp3) is 0.211. The SMILES string of the molecule is Cc1cccc(-c2nnc(SCC(=O)Nc3cc(C(F)(F)F)cc(C(F)(F)F)c3)n2N)c1. The molecule has 0 unspecified atom stereocenters. The summed E-state index contributed by atoms with van der Waals surface area (Å²) in [5, 5.41) is 10.00. The molecule has 170 valence electrons. The van der Waals surface area contributed by atoms with Gasteiger partial charge in [0.1, 0.15) is 0 Å². The number of aromatic nitrogens is 3. The molecule has 0 fully saturated rings. The average molecular weight is 475 g/mol. The van der Waals surface area contributed by atoms with Gasteiger partial charge >= 0.3 is 12.4 Å². The smallest absolute Gasteiger partial charge is 0.335 e. The molecule has 32 heavy (non-hydrogen) atoms. The standard InChI is InChI=1S/C19H15F6N5OS/c1-10-3-2-4-11(5-10)16-28-29-17(30(16)26)32-9-15(31)27-14-7-12(18(20,21)22)6-13(8-14)19(23,24)25/h2-8H,9,26H2,1H3,(H,27,31). The molecule has 0 saturated heterocycles. The van der Waals surface area contributed by atoms with Crippen molar-refractivity contribution in [3.63, 3.8) is 0 Å². The van der Waals surface area contributed by atoms with Crippen molar-refractivity contribution >= 4 is 23.4 Å². The van der Waals surface area contributed by atoms with Crippen molar-refractivity contribution in [3.8, 4) is 11.4 Å². The van der Waals surface area contributed by atoms with E-state index < -0.39 is 35.1 Å². The zero-order valence-corrected chi connectivity index (χ0v) is 17.1. The summed E-state index contributed by atoms with van der Waals surface area (Å²) in [6.07, 6.45) is -10.0. The number of nitrogens with zero attached hydrogens (tertiary/aromatic N) is 3. The number of hydrogen-bond donors (Lipinski definition) is 2. The number of thioether (sulfide) groups is 1. The number of aryl methyl sites for hydroxylation is 1. The maximum atomic E-state index is 12.9. The van der Waals surface area contributed by atoms with E-state index in [0.717, 1.165) is 22.0 Å². The molecule has 3 N–H and O–H groups in total. The summed E-state index contributed by atoms with van der Waals surface area (Å²) < 4.78 is 78.8. The van der Waals surface area contributed by atoms with Gasteiger partial charge in [0.25, 0.3) is 0 Å². The number of nitrogens with two attached hydrogens (primary N) is 1. The molecule has 0 aliphatic carbocycles. The summed E-state index contributed by atoms with van der Waals surface area (Å²) in [5.74, 6) is 5.05. The number of alkyl halides is 6. The Morgan fingerprint density at radius 2 is 1.66 bits per heavy atom. The molecule has 0 aliphatic rings. The van der Waals surface area contributed by atoms with Crippen molar-refractivity contribution in [2.45, 2.75) is 24.4 Å². The lowest BCUT2D eigenvalue weighted by molar-refractivity contribution is -0.143. The highest BCUT2D eigenvalue weighted by molar-refractivity contribution is 7.99. The van der Waals surface area contributed by atoms with Crippen LogP contribution >= 0.6 is 11.8 Å². The summed E-state index contributed by atoms with van der Waals surface area (Å²) in [6.45, 7) is 1.87. The third-order valence-electron chi connectivity index (χ3n) is 4.14. The second kappa shape index (κ2) is 8.73. The van der Waals surface area contributed by atoms with E-state index in [1.54, 1.807) is 12.1 Å². The van der Waals surface area contributed by atoms with Gasteiger partial charge in [-0.2, -0.15) is 26.3 Å². The first-order chi connectivity index (χ1) is 14.8. The van der Waals surface area contributed by atoms with Crippen molar-refractivity contribution in [2.24, 2.45) is 0 Å². The van der Waals surface area contributed by atoms with Crippen molar-refractivity contribution in [3.05, 3.63) is 59.2 Å². The predicted octanol–water partition coefficient (Wildman–Crippen LogP) is 4.74. The molecule has 1 aromatic heterocycles. The first-order valence-corrected chi connectivity index (χ1v) is 9.83. The maximum Gasteiger partial charge on any atom is 0.416 e. The molecule has 1 heterocycles. The lowest BCUT2D eigenvalue weighted by Crippen LogP contribution is -2.18. The summed E-state index contributed by atoms with van der Waals surface area (Å²) >= 11 is 0.821. The van der Waals surface area contributed by atoms with Crippen LogP contribution in [0.15, 0.2) is 47.6 Å². The van der Waals surface area contributed by atoms with Crippen LogP contribution in [0, 0.1) is 6.92 Å². The largest absolute Gasteiger partial charge is 0.416 e. The lowest BCUT2D eigenvalue weighted by Gasteiger charge is -2.14. The topological polar surface area (TPSA) is 85.8 Å². The van der Waals surface area contributed by atoms with Gasteiger partial charge in [0.2, 0.25) is 11.1 Å². The van der Waals surface area contributed by atoms with Gasteiger partial charge in [0.05, 0.1) is 16.9 Å². The number of nitrogen functional groups attached to an aromatic ring is 1. The molecule has 0 bridgehead atoms. The Hall–Kier alpha value is -3.22. The average Bonchev–Trinajstić information content (AvgIpc) is 3.05. The Labute approximate surface area is 181 Å². The number of amides is 1. The van der Waals surface area contributed by atoms with Crippen LogP contribution in [0.25, 0.3) is 11.4 Å². The Morgan fingerprint density at radius 3 is 2.22 bits per heavy atom. The van der Waals surface area contributed by atoms with Gasteiger partial charge in [-0.25, -0.2) is 4.68 Å². The molecule has 0 atom stereocenters. The number of anilines is 1. The Kier molecular flexibility index (Phi) is 6.39. The highest BCUT2D eigenvalue weighted by atomic mass is 32.2. The lowest BCUT2D eigenvalue weighted by atomic mass is 10.1. The van der Waals surface area contributed by atoms with Gasteiger partial charge in [-0.05, 0) is 31.2 Å². The third-order valence-corrected chi connectivity index (χ3v) is 5.09. The number of nitrogens with one attached hydrogen (secondary N) is 1. The monoisotopic (exact) mass is 475 g/mol. The van der Waals surface area contributed by atoms with Crippen LogP contribution in [0.4, 0.5) is 32.0 Å². The van der Waals surface area contributed by atoms with E-state index in [1.807, 2.05) is 24.4 Å². The van der Waals surface area contributed by atoms with Crippen LogP contribution in [0.1, 0.15) is 16.7 Å². The quantitative estimate of drug-likeness (QED) is 0.317. The Morgan fingerprint density at radius 1 is 1.03 bits per heavy atom. The van der Waals surface area contributed by atoms with E-state index in [2.05, 4.69) is 10.2 Å². The van der Waals surface area contributed by atoms with Crippen molar-refractivity contribution in [2.75, 3.05) is 16.9 Å². The molecule has 0 radical (unpaired) electrons. The van der Waals surface area contributed by atoms with Crippen LogP contribution in [0.3, 0.4) is 0 Å². The van der Waals surface area contributed by atoms with Crippen LogP contribution in [-0.4, -0.2) is 26.5 Å². The zero-order valence-electron chi connectivity index (χ0n) is 16.3. The number of carbonyl (C=O) groups excluding carboxylic acids is 1. The molecule has 0 saturated carbocycles. The Bertz CT molecular complexity index is 1110. The second-order valence-electron chi connectivity index (χ2n) is 6.68. The molecule has 1 amide bonds. The van der Waals surface area contributed by atoms with Gasteiger partial charge < -0.3 is 11.2 Å². The second-order valence-corrected chi connectivity index (χ2v) is 7.62. The molecular formula is C19H15F6N5OS. The van der Waals surface area contributed by atoms with Crippen LogP contribution in [0.5, 0.6) is 0 Å². The first kappa shape index (κ1) is 23.4. The summed E-state index contributed by atoms with van der Waals surface area (Å²) in [4.78, 5) is 12.1. The number of carbonyl (C=O) groups is 1. The highest BCUT2D eigenvalue weighted by Gasteiger charge is 2.37. The molecule has 0 spiro atoms. The third kappa shape index (κ3) is 5.52. The van der Waals surface area contributed by atoms with Gasteiger partial charge in [-0.15, -0.1) is 10.2 Å². The Balaban J connectivity index is 1.73. The van der Waals surface area contributed by atoms with Crippen molar-refractivity contribution in [1.82, 2.24) is 14.9 Å². The van der Waals surface area contributed by atoms with E-state index >= 15 is 0 Å². The number of hydrogen-bond acceptors (Lipinski definition) is 5. The number of benzene rings is 2. The van der Waals surface area contributed by atoms with Crippen molar-refractivity contribution < 1.29 is 31.1 Å². The fourth-order valence-electron chi connectivity index (χ4n) is 2.71. The number of halogens is 6. The van der Waals surface area contributed by atoms with Gasteiger partial charge in [-0.1, -0.05) is 35.5 Å². The van der Waals surface area contributed by atoms with Gasteiger partial charge in [-0.3, -0.25) is 4.79 Å². The van der Waals surface area contributed by atoms with Crippen LogP contribution < -0.4 is 11.2 Å². The molecule has 6 nitrogen and oxygen atoms in total. The molecule has 3 rings (SSSR count). The van der Waals surface area contributed by atoms with E-state index in [1.165, 1.54) is 0 Å². The van der Waals surface area contributed by atoms with E-state index in [9.17, 15) is 31.1 Å². The normalized spacial score (nSPS) is 12.1. The minimum absolute atomic E-state index is 0.0197. The molecular weight excluding hydrogens is 460 g/mol. The van der Waals surface area contributed by atoms with Gasteiger partial charge in [0.15, 0.2) is 5.82 Å². The molecule has 13 heteroatoms. The van der Waals surface area contributed by atoms with Crippen LogP contribution in [0.2, 0.25) is 0 Å². The predicted molar refractivity (Wildman–Crippen MR) is 106 cm³/mol. The molecule has 3 aromatic rings. The summed E-state index contributed by atoms with van der Waals surface area (Å²) in [5.41, 5.74) is -2.05. The van der Waals surface area contributed by atoms with E-state index in [0.29, 0.717) is 23.5 Å². The number of rotatable bonds is 5. The van der Waals surface area contributed by atoms with Crippen LogP contribution in [-0.2, 0) is 17.1 Å². The van der Waals surface area contributed by atoms with Gasteiger partial charge in [0, 0.05) is 11.3 Å². The molecule has 2 aromatic carbocycles. The highest BCUT2D eigenvalue weighted by Crippen LogP contribution is 2.37. The van der Waals surface area contributed by atoms with E-state index in [-0.39, 0.29) is 17.0 Å². The summed E-state index contributed by atoms with van der Waals surface area (Å²) in [6, 6.07) is 8.09. The minimum atomic E-state index is -5.02. The van der Waals surface area contributed by atoms with E-state index in [4.69, 9.17) is 5.84 Å². The fourth-order valence-corrected chi connectivity index (χ4v) is 3.37. The minimum Gasteiger partial charge on any atom is -0.335 e. The molecule has 0 aliphatic heterocycles.